The summed E-state index contributed by atoms with van der Waals surface area (Å²) in [6.07, 6.45) is 6.58. The number of aromatic carboxylic acids is 1. The first-order chi connectivity index (χ1) is 9.15. The van der Waals surface area contributed by atoms with Crippen molar-refractivity contribution in [1.29, 1.82) is 0 Å². The van der Waals surface area contributed by atoms with Gasteiger partial charge in [0, 0.05) is 13.1 Å². The van der Waals surface area contributed by atoms with Gasteiger partial charge in [0.2, 0.25) is 0 Å². The first-order valence-corrected chi connectivity index (χ1v) is 7.18. The molecule has 1 aliphatic rings. The molecule has 3 heteroatoms. The summed E-state index contributed by atoms with van der Waals surface area (Å²) in [6, 6.07) is 7.18. The molecule has 0 heterocycles. The lowest BCUT2D eigenvalue weighted by Crippen LogP contribution is -2.39. The Hall–Kier alpha value is -1.35. The molecule has 1 aromatic rings. The van der Waals surface area contributed by atoms with Gasteiger partial charge in [-0.2, -0.15) is 0 Å². The number of carboxylic acid groups (broad SMARTS) is 1. The molecule has 1 fully saturated rings. The molecule has 104 valence electrons. The van der Waals surface area contributed by atoms with E-state index < -0.39 is 5.97 Å². The summed E-state index contributed by atoms with van der Waals surface area (Å²) in [5, 5.41) is 12.5. The van der Waals surface area contributed by atoms with Gasteiger partial charge in [-0.15, -0.1) is 0 Å². The summed E-state index contributed by atoms with van der Waals surface area (Å²) < 4.78 is 0. The van der Waals surface area contributed by atoms with Gasteiger partial charge >= 0.3 is 5.97 Å². The smallest absolute Gasteiger partial charge is 0.335 e. The van der Waals surface area contributed by atoms with Crippen LogP contribution in [-0.4, -0.2) is 17.6 Å². The molecule has 1 saturated carbocycles. The van der Waals surface area contributed by atoms with Crippen LogP contribution in [0.3, 0.4) is 0 Å². The number of hydrogen-bond acceptors (Lipinski definition) is 2. The fraction of sp³-hybridized carbons (Fsp3) is 0.562. The lowest BCUT2D eigenvalue weighted by Gasteiger charge is -2.42. The summed E-state index contributed by atoms with van der Waals surface area (Å²) in [7, 11) is 0. The molecule has 0 unspecified atom stereocenters. The molecular formula is C16H23NO2. The summed E-state index contributed by atoms with van der Waals surface area (Å²) >= 11 is 0. The molecule has 0 atom stereocenters. The predicted molar refractivity (Wildman–Crippen MR) is 76.3 cm³/mol. The van der Waals surface area contributed by atoms with Crippen molar-refractivity contribution in [2.75, 3.05) is 6.54 Å². The maximum atomic E-state index is 10.9. The summed E-state index contributed by atoms with van der Waals surface area (Å²) in [5.41, 5.74) is 1.93. The third-order valence-corrected chi connectivity index (χ3v) is 4.20. The number of benzene rings is 1. The van der Waals surface area contributed by atoms with Gasteiger partial charge < -0.3 is 10.4 Å². The second-order valence-electron chi connectivity index (χ2n) is 5.71. The van der Waals surface area contributed by atoms with Gasteiger partial charge in [-0.25, -0.2) is 4.79 Å². The Labute approximate surface area is 115 Å². The molecule has 19 heavy (non-hydrogen) atoms. The van der Waals surface area contributed by atoms with Crippen LogP contribution in [0.15, 0.2) is 24.3 Å². The molecule has 0 radical (unpaired) electrons. The van der Waals surface area contributed by atoms with Gasteiger partial charge in [0.1, 0.15) is 0 Å². The zero-order chi connectivity index (χ0) is 13.7. The summed E-state index contributed by atoms with van der Waals surface area (Å²) in [4.78, 5) is 10.9. The third kappa shape index (κ3) is 3.57. The van der Waals surface area contributed by atoms with E-state index in [0.717, 1.165) is 18.7 Å². The average Bonchev–Trinajstić information content (AvgIpc) is 2.36. The number of carbonyl (C=O) groups is 1. The molecule has 0 saturated heterocycles. The Morgan fingerprint density at radius 1 is 1.42 bits per heavy atom. The Kier molecular flexibility index (Phi) is 4.59. The Balaban J connectivity index is 1.85. The van der Waals surface area contributed by atoms with Gasteiger partial charge in [-0.3, -0.25) is 0 Å². The van der Waals surface area contributed by atoms with Crippen molar-refractivity contribution >= 4 is 5.97 Å². The first-order valence-electron chi connectivity index (χ1n) is 7.18. The average molecular weight is 261 g/mol. The maximum absolute atomic E-state index is 10.9. The standard InChI is InChI=1S/C16H23NO2/c1-2-7-16(8-4-9-16)12-17-11-13-5-3-6-14(10-13)15(18)19/h3,5-6,10,17H,2,4,7-9,11-12H2,1H3,(H,18,19). The molecule has 0 amide bonds. The number of nitrogens with one attached hydrogen (secondary N) is 1. The van der Waals surface area contributed by atoms with E-state index in [9.17, 15) is 4.79 Å². The normalized spacial score (nSPS) is 16.9. The lowest BCUT2D eigenvalue weighted by atomic mass is 9.66. The predicted octanol–water partition coefficient (Wildman–Crippen LogP) is 3.44. The van der Waals surface area contributed by atoms with E-state index in [1.54, 1.807) is 12.1 Å². The zero-order valence-corrected chi connectivity index (χ0v) is 11.6. The van der Waals surface area contributed by atoms with Crippen molar-refractivity contribution in [3.63, 3.8) is 0 Å². The van der Waals surface area contributed by atoms with Gasteiger partial charge in [0.15, 0.2) is 0 Å². The molecule has 0 bridgehead atoms. The van der Waals surface area contributed by atoms with E-state index >= 15 is 0 Å². The minimum Gasteiger partial charge on any atom is -0.478 e. The Morgan fingerprint density at radius 2 is 2.21 bits per heavy atom. The van der Waals surface area contributed by atoms with E-state index in [2.05, 4.69) is 12.2 Å². The number of hydrogen-bond donors (Lipinski definition) is 2. The van der Waals surface area contributed by atoms with Crippen LogP contribution in [-0.2, 0) is 6.54 Å². The molecule has 3 nitrogen and oxygen atoms in total. The van der Waals surface area contributed by atoms with Crippen LogP contribution in [0.1, 0.15) is 54.9 Å². The highest BCUT2D eigenvalue weighted by molar-refractivity contribution is 5.87. The quantitative estimate of drug-likeness (QED) is 0.790. The van der Waals surface area contributed by atoms with Crippen molar-refractivity contribution in [3.8, 4) is 0 Å². The fourth-order valence-corrected chi connectivity index (χ4v) is 3.01. The highest BCUT2D eigenvalue weighted by Gasteiger charge is 2.35. The van der Waals surface area contributed by atoms with Crippen LogP contribution in [0.25, 0.3) is 0 Å². The SMILES string of the molecule is CCCC1(CNCc2cccc(C(=O)O)c2)CCC1. The lowest BCUT2D eigenvalue weighted by molar-refractivity contribution is 0.0696. The first kappa shape index (κ1) is 14.1. The van der Waals surface area contributed by atoms with Gasteiger partial charge in [-0.05, 0) is 42.4 Å². The molecular weight excluding hydrogens is 238 g/mol. The number of rotatable bonds is 7. The van der Waals surface area contributed by atoms with Crippen LogP contribution in [0.5, 0.6) is 0 Å². The molecule has 2 rings (SSSR count). The second-order valence-corrected chi connectivity index (χ2v) is 5.71. The van der Waals surface area contributed by atoms with Crippen LogP contribution in [0.2, 0.25) is 0 Å². The number of carboxylic acids is 1. The Bertz CT molecular complexity index is 438. The van der Waals surface area contributed by atoms with Gasteiger partial charge in [0.05, 0.1) is 5.56 Å². The topological polar surface area (TPSA) is 49.3 Å². The molecule has 0 spiro atoms. The van der Waals surface area contributed by atoms with Crippen LogP contribution in [0.4, 0.5) is 0 Å². The fourth-order valence-electron chi connectivity index (χ4n) is 3.01. The molecule has 1 aliphatic carbocycles. The second kappa shape index (κ2) is 6.20. The van der Waals surface area contributed by atoms with Crippen molar-refractivity contribution in [2.45, 2.75) is 45.6 Å². The molecule has 0 aromatic heterocycles. The van der Waals surface area contributed by atoms with Gasteiger partial charge in [-0.1, -0.05) is 31.9 Å². The van der Waals surface area contributed by atoms with E-state index in [0.29, 0.717) is 11.0 Å². The van der Waals surface area contributed by atoms with Crippen molar-refractivity contribution < 1.29 is 9.90 Å². The third-order valence-electron chi connectivity index (χ3n) is 4.20. The summed E-state index contributed by atoms with van der Waals surface area (Å²) in [5.74, 6) is -0.858. The highest BCUT2D eigenvalue weighted by atomic mass is 16.4. The van der Waals surface area contributed by atoms with Crippen LogP contribution in [0, 0.1) is 5.41 Å². The largest absolute Gasteiger partial charge is 0.478 e. The van der Waals surface area contributed by atoms with E-state index in [4.69, 9.17) is 5.11 Å². The zero-order valence-electron chi connectivity index (χ0n) is 11.6. The summed E-state index contributed by atoms with van der Waals surface area (Å²) in [6.45, 7) is 4.06. The van der Waals surface area contributed by atoms with Crippen molar-refractivity contribution in [3.05, 3.63) is 35.4 Å². The molecule has 0 aliphatic heterocycles. The van der Waals surface area contributed by atoms with Crippen LogP contribution >= 0.6 is 0 Å². The van der Waals surface area contributed by atoms with Crippen LogP contribution < -0.4 is 5.32 Å². The maximum Gasteiger partial charge on any atom is 0.335 e. The van der Waals surface area contributed by atoms with E-state index in [-0.39, 0.29) is 0 Å². The van der Waals surface area contributed by atoms with Crippen molar-refractivity contribution in [1.82, 2.24) is 5.32 Å². The monoisotopic (exact) mass is 261 g/mol. The van der Waals surface area contributed by atoms with Crippen molar-refractivity contribution in [2.24, 2.45) is 5.41 Å². The highest BCUT2D eigenvalue weighted by Crippen LogP contribution is 2.44. The van der Waals surface area contributed by atoms with Gasteiger partial charge in [0.25, 0.3) is 0 Å². The molecule has 1 aromatic carbocycles. The minimum atomic E-state index is -0.858. The minimum absolute atomic E-state index is 0.367. The van der Waals surface area contributed by atoms with E-state index in [1.807, 2.05) is 12.1 Å². The molecule has 2 N–H and O–H groups in total. The van der Waals surface area contributed by atoms with E-state index in [1.165, 1.54) is 32.1 Å². The Morgan fingerprint density at radius 3 is 2.79 bits per heavy atom.